The van der Waals surface area contributed by atoms with Gasteiger partial charge in [-0.05, 0) is 30.7 Å². The molecule has 0 aliphatic rings. The Hall–Kier alpha value is -2.04. The van der Waals surface area contributed by atoms with Crippen molar-refractivity contribution in [1.29, 1.82) is 0 Å². The number of hydrazone groups is 1. The van der Waals surface area contributed by atoms with Crippen molar-refractivity contribution in [3.63, 3.8) is 0 Å². The predicted octanol–water partition coefficient (Wildman–Crippen LogP) is 3.83. The van der Waals surface area contributed by atoms with E-state index in [9.17, 15) is 4.79 Å². The van der Waals surface area contributed by atoms with Crippen LogP contribution in [0.25, 0.3) is 0 Å². The number of benzene rings is 2. The fourth-order valence-corrected chi connectivity index (χ4v) is 2.06. The zero-order valence-electron chi connectivity index (χ0n) is 11.8. The lowest BCUT2D eigenvalue weighted by atomic mass is 10.2. The molecule has 6 heteroatoms. The van der Waals surface area contributed by atoms with Crippen LogP contribution in [-0.4, -0.2) is 18.7 Å². The van der Waals surface area contributed by atoms with E-state index in [0.29, 0.717) is 15.8 Å². The summed E-state index contributed by atoms with van der Waals surface area (Å²) < 4.78 is 5.30. The van der Waals surface area contributed by atoms with Gasteiger partial charge in [-0.1, -0.05) is 53.0 Å². The van der Waals surface area contributed by atoms with Crippen molar-refractivity contribution in [2.24, 2.45) is 5.10 Å². The third-order valence-electron chi connectivity index (χ3n) is 2.73. The van der Waals surface area contributed by atoms with Crippen LogP contribution in [0.5, 0.6) is 5.75 Å². The summed E-state index contributed by atoms with van der Waals surface area (Å²) in [5, 5.41) is 4.72. The Kier molecular flexibility index (Phi) is 5.81. The molecule has 1 amide bonds. The van der Waals surface area contributed by atoms with Crippen LogP contribution in [0.3, 0.4) is 0 Å². The van der Waals surface area contributed by atoms with E-state index in [4.69, 9.17) is 27.9 Å². The van der Waals surface area contributed by atoms with Gasteiger partial charge in [0.1, 0.15) is 5.75 Å². The fraction of sp³-hybridized carbons (Fsp3) is 0.125. The molecule has 114 valence electrons. The summed E-state index contributed by atoms with van der Waals surface area (Å²) in [5.41, 5.74) is 4.44. The van der Waals surface area contributed by atoms with E-state index >= 15 is 0 Å². The normalized spacial score (nSPS) is 10.7. The molecule has 0 saturated carbocycles. The molecule has 2 rings (SSSR count). The summed E-state index contributed by atoms with van der Waals surface area (Å²) >= 11 is 11.7. The van der Waals surface area contributed by atoms with Gasteiger partial charge in [0.25, 0.3) is 5.91 Å². The number of hydrogen-bond acceptors (Lipinski definition) is 3. The van der Waals surface area contributed by atoms with Crippen molar-refractivity contribution >= 4 is 35.3 Å². The smallest absolute Gasteiger partial charge is 0.277 e. The Morgan fingerprint density at radius 3 is 2.64 bits per heavy atom. The first kappa shape index (κ1) is 16.3. The third-order valence-corrected chi connectivity index (χ3v) is 3.26. The molecule has 0 unspecified atom stereocenters. The molecule has 22 heavy (non-hydrogen) atoms. The highest BCUT2D eigenvalue weighted by Crippen LogP contribution is 2.27. The zero-order chi connectivity index (χ0) is 15.9. The molecular formula is C16H14Cl2N2O2. The summed E-state index contributed by atoms with van der Waals surface area (Å²) in [6.07, 6.45) is 1.56. The molecule has 2 aromatic carbocycles. The lowest BCUT2D eigenvalue weighted by Crippen LogP contribution is -2.24. The number of ether oxygens (including phenoxy) is 1. The van der Waals surface area contributed by atoms with Gasteiger partial charge in [0.2, 0.25) is 0 Å². The second-order valence-corrected chi connectivity index (χ2v) is 5.41. The van der Waals surface area contributed by atoms with Crippen molar-refractivity contribution < 1.29 is 9.53 Å². The number of halogens is 2. The minimum Gasteiger partial charge on any atom is -0.482 e. The van der Waals surface area contributed by atoms with Gasteiger partial charge >= 0.3 is 0 Å². The first-order valence-electron chi connectivity index (χ1n) is 6.51. The molecular weight excluding hydrogens is 323 g/mol. The summed E-state index contributed by atoms with van der Waals surface area (Å²) in [6.45, 7) is 1.81. The van der Waals surface area contributed by atoms with Crippen molar-refractivity contribution in [3.8, 4) is 5.75 Å². The van der Waals surface area contributed by atoms with E-state index in [-0.39, 0.29) is 12.5 Å². The van der Waals surface area contributed by atoms with Crippen LogP contribution in [-0.2, 0) is 4.79 Å². The second-order valence-electron chi connectivity index (χ2n) is 4.57. The standard InChI is InChI=1S/C16H14Cl2N2O2/c1-11-2-4-12(5-3-11)9-19-20-16(21)10-22-15-7-6-13(17)8-14(15)18/h2-9H,10H2,1H3,(H,20,21)/b19-9-. The molecule has 2 aromatic rings. The van der Waals surface area contributed by atoms with E-state index in [1.165, 1.54) is 0 Å². The van der Waals surface area contributed by atoms with Crippen LogP contribution in [0.15, 0.2) is 47.6 Å². The number of amides is 1. The molecule has 1 N–H and O–H groups in total. The summed E-state index contributed by atoms with van der Waals surface area (Å²) in [5.74, 6) is 0.0121. The topological polar surface area (TPSA) is 50.7 Å². The van der Waals surface area contributed by atoms with Gasteiger partial charge in [-0.2, -0.15) is 5.10 Å². The van der Waals surface area contributed by atoms with Gasteiger partial charge < -0.3 is 4.74 Å². The summed E-state index contributed by atoms with van der Waals surface area (Å²) in [4.78, 5) is 11.6. The molecule has 0 atom stereocenters. The van der Waals surface area contributed by atoms with Crippen molar-refractivity contribution in [2.75, 3.05) is 6.61 Å². The second kappa shape index (κ2) is 7.82. The van der Waals surface area contributed by atoms with Gasteiger partial charge in [-0.25, -0.2) is 5.43 Å². The van der Waals surface area contributed by atoms with E-state index < -0.39 is 0 Å². The number of rotatable bonds is 5. The Labute approximate surface area is 138 Å². The molecule has 4 nitrogen and oxygen atoms in total. The maximum Gasteiger partial charge on any atom is 0.277 e. The van der Waals surface area contributed by atoms with Gasteiger partial charge in [0, 0.05) is 5.02 Å². The highest BCUT2D eigenvalue weighted by Gasteiger charge is 2.05. The molecule has 0 aliphatic heterocycles. The van der Waals surface area contributed by atoms with Crippen LogP contribution in [0.2, 0.25) is 10.0 Å². The number of carbonyl (C=O) groups is 1. The molecule has 0 bridgehead atoms. The molecule has 0 spiro atoms. The number of nitrogens with one attached hydrogen (secondary N) is 1. The molecule has 0 radical (unpaired) electrons. The lowest BCUT2D eigenvalue weighted by molar-refractivity contribution is -0.123. The maximum atomic E-state index is 11.6. The molecule has 0 aliphatic carbocycles. The predicted molar refractivity (Wildman–Crippen MR) is 88.9 cm³/mol. The largest absolute Gasteiger partial charge is 0.482 e. The average molecular weight is 337 g/mol. The number of carbonyl (C=O) groups excluding carboxylic acids is 1. The minimum atomic E-state index is -0.380. The molecule has 0 heterocycles. The Morgan fingerprint density at radius 2 is 1.95 bits per heavy atom. The Morgan fingerprint density at radius 1 is 1.23 bits per heavy atom. The van der Waals surface area contributed by atoms with E-state index in [1.54, 1.807) is 24.4 Å². The van der Waals surface area contributed by atoms with Crippen molar-refractivity contribution in [3.05, 3.63) is 63.6 Å². The molecule has 0 saturated heterocycles. The monoisotopic (exact) mass is 336 g/mol. The first-order chi connectivity index (χ1) is 10.5. The van der Waals surface area contributed by atoms with Crippen LogP contribution >= 0.6 is 23.2 Å². The lowest BCUT2D eigenvalue weighted by Gasteiger charge is -2.06. The first-order valence-corrected chi connectivity index (χ1v) is 7.26. The third kappa shape index (κ3) is 5.06. The summed E-state index contributed by atoms with van der Waals surface area (Å²) in [6, 6.07) is 12.5. The number of hydrogen-bond donors (Lipinski definition) is 1. The highest BCUT2D eigenvalue weighted by molar-refractivity contribution is 6.35. The van der Waals surface area contributed by atoms with Gasteiger partial charge in [-0.3, -0.25) is 4.79 Å². The average Bonchev–Trinajstić information content (AvgIpc) is 2.48. The van der Waals surface area contributed by atoms with Crippen LogP contribution in [0.4, 0.5) is 0 Å². The summed E-state index contributed by atoms with van der Waals surface area (Å²) in [7, 11) is 0. The van der Waals surface area contributed by atoms with Gasteiger partial charge in [-0.15, -0.1) is 0 Å². The fourth-order valence-electron chi connectivity index (χ4n) is 1.60. The number of nitrogens with zero attached hydrogens (tertiary/aromatic N) is 1. The highest BCUT2D eigenvalue weighted by atomic mass is 35.5. The van der Waals surface area contributed by atoms with Gasteiger partial charge in [0.05, 0.1) is 11.2 Å². The SMILES string of the molecule is Cc1ccc(/C=N\NC(=O)COc2ccc(Cl)cc2Cl)cc1. The van der Waals surface area contributed by atoms with E-state index in [1.807, 2.05) is 31.2 Å². The van der Waals surface area contributed by atoms with Crippen LogP contribution in [0, 0.1) is 6.92 Å². The van der Waals surface area contributed by atoms with Gasteiger partial charge in [0.15, 0.2) is 6.61 Å². The Bertz CT molecular complexity index is 685. The zero-order valence-corrected chi connectivity index (χ0v) is 13.4. The molecule has 0 aromatic heterocycles. The van der Waals surface area contributed by atoms with E-state index in [0.717, 1.165) is 11.1 Å². The van der Waals surface area contributed by atoms with Crippen LogP contribution < -0.4 is 10.2 Å². The van der Waals surface area contributed by atoms with Crippen molar-refractivity contribution in [1.82, 2.24) is 5.43 Å². The quantitative estimate of drug-likeness (QED) is 0.666. The van der Waals surface area contributed by atoms with Crippen LogP contribution in [0.1, 0.15) is 11.1 Å². The number of aryl methyl sites for hydroxylation is 1. The Balaban J connectivity index is 1.81. The van der Waals surface area contributed by atoms with E-state index in [2.05, 4.69) is 10.5 Å². The maximum absolute atomic E-state index is 11.6. The molecule has 0 fully saturated rings. The van der Waals surface area contributed by atoms with Crippen molar-refractivity contribution in [2.45, 2.75) is 6.92 Å². The minimum absolute atomic E-state index is 0.188.